The summed E-state index contributed by atoms with van der Waals surface area (Å²) in [6.45, 7) is 2.75. The molecule has 0 fully saturated rings. The number of amides is 2. The number of carboxylic acid groups (broad SMARTS) is 1. The average molecular weight is 332 g/mol. The molecular weight excluding hydrogens is 308 g/mol. The van der Waals surface area contributed by atoms with Crippen LogP contribution in [0.1, 0.15) is 51.0 Å². The number of carbonyl (C=O) groups excluding carboxylic acids is 2. The van der Waals surface area contributed by atoms with Crippen molar-refractivity contribution in [3.63, 3.8) is 0 Å². The van der Waals surface area contributed by atoms with E-state index in [9.17, 15) is 14.4 Å². The van der Waals surface area contributed by atoms with Crippen LogP contribution in [0.3, 0.4) is 0 Å². The van der Waals surface area contributed by atoms with E-state index < -0.39 is 5.97 Å². The maximum atomic E-state index is 12.0. The lowest BCUT2D eigenvalue weighted by Crippen LogP contribution is -2.35. The van der Waals surface area contributed by atoms with Crippen LogP contribution in [-0.2, 0) is 20.8 Å². The van der Waals surface area contributed by atoms with Crippen molar-refractivity contribution in [3.05, 3.63) is 23.8 Å². The lowest BCUT2D eigenvalue weighted by atomic mass is 10.00. The summed E-state index contributed by atoms with van der Waals surface area (Å²) in [6.07, 6.45) is 3.55. The number of benzene rings is 1. The van der Waals surface area contributed by atoms with Gasteiger partial charge in [0.1, 0.15) is 0 Å². The molecule has 0 saturated heterocycles. The number of nitrogens with zero attached hydrogens (tertiary/aromatic N) is 1. The van der Waals surface area contributed by atoms with Gasteiger partial charge in [-0.25, -0.2) is 0 Å². The molecule has 2 amide bonds. The maximum absolute atomic E-state index is 12.0. The molecule has 24 heavy (non-hydrogen) atoms. The maximum Gasteiger partial charge on any atom is 0.303 e. The molecule has 0 atom stereocenters. The zero-order chi connectivity index (χ0) is 17.5. The fourth-order valence-corrected chi connectivity index (χ4v) is 2.89. The monoisotopic (exact) mass is 332 g/mol. The number of nitrogens with one attached hydrogen (secondary N) is 1. The van der Waals surface area contributed by atoms with Crippen LogP contribution >= 0.6 is 0 Å². The van der Waals surface area contributed by atoms with Gasteiger partial charge in [0.05, 0.1) is 0 Å². The van der Waals surface area contributed by atoms with E-state index in [1.165, 1.54) is 0 Å². The molecule has 1 aliphatic heterocycles. The van der Waals surface area contributed by atoms with Crippen molar-refractivity contribution in [2.24, 2.45) is 0 Å². The number of fused-ring (bicyclic) bond motifs is 1. The Kier molecular flexibility index (Phi) is 6.35. The Morgan fingerprint density at radius 1 is 1.21 bits per heavy atom. The third kappa shape index (κ3) is 4.81. The lowest BCUT2D eigenvalue weighted by Gasteiger charge is -2.29. The highest BCUT2D eigenvalue weighted by Crippen LogP contribution is 2.30. The number of unbranched alkanes of at least 4 members (excludes halogenated alkanes) is 1. The fraction of sp³-hybridized carbons (Fsp3) is 0.500. The quantitative estimate of drug-likeness (QED) is 0.717. The minimum Gasteiger partial charge on any atom is -0.481 e. The SMILES string of the molecule is CCCN1C(=O)CCc2cc(NC(=O)CCCCC(=O)O)ccc21. The molecule has 1 heterocycles. The van der Waals surface area contributed by atoms with Crippen molar-refractivity contribution in [1.29, 1.82) is 0 Å². The van der Waals surface area contributed by atoms with Gasteiger partial charge in [0, 0.05) is 37.2 Å². The molecule has 2 N–H and O–H groups in total. The second-order valence-corrected chi connectivity index (χ2v) is 6.04. The first-order valence-corrected chi connectivity index (χ1v) is 8.46. The Labute approximate surface area is 141 Å². The van der Waals surface area contributed by atoms with E-state index in [4.69, 9.17) is 5.11 Å². The van der Waals surface area contributed by atoms with E-state index >= 15 is 0 Å². The minimum atomic E-state index is -0.837. The van der Waals surface area contributed by atoms with Crippen LogP contribution in [0.2, 0.25) is 0 Å². The molecule has 6 heteroatoms. The lowest BCUT2D eigenvalue weighted by molar-refractivity contribution is -0.137. The van der Waals surface area contributed by atoms with Gasteiger partial charge in [-0.15, -0.1) is 0 Å². The number of carboxylic acids is 1. The molecule has 1 aromatic rings. The van der Waals surface area contributed by atoms with Crippen LogP contribution in [0.5, 0.6) is 0 Å². The smallest absolute Gasteiger partial charge is 0.303 e. The highest BCUT2D eigenvalue weighted by atomic mass is 16.4. The van der Waals surface area contributed by atoms with Gasteiger partial charge >= 0.3 is 5.97 Å². The van der Waals surface area contributed by atoms with Crippen molar-refractivity contribution >= 4 is 29.2 Å². The van der Waals surface area contributed by atoms with Crippen LogP contribution in [0.25, 0.3) is 0 Å². The van der Waals surface area contributed by atoms with E-state index in [1.807, 2.05) is 30.0 Å². The van der Waals surface area contributed by atoms with E-state index in [0.717, 1.165) is 23.4 Å². The molecule has 0 radical (unpaired) electrons. The first kappa shape index (κ1) is 18.0. The first-order valence-electron chi connectivity index (χ1n) is 8.46. The van der Waals surface area contributed by atoms with Gasteiger partial charge in [0.2, 0.25) is 11.8 Å². The molecule has 2 rings (SSSR count). The van der Waals surface area contributed by atoms with Gasteiger partial charge < -0.3 is 15.3 Å². The van der Waals surface area contributed by atoms with E-state index in [2.05, 4.69) is 5.32 Å². The first-order chi connectivity index (χ1) is 11.5. The molecule has 0 aliphatic carbocycles. The van der Waals surface area contributed by atoms with Crippen LogP contribution in [0.4, 0.5) is 11.4 Å². The second kappa shape index (κ2) is 8.47. The third-order valence-corrected chi connectivity index (χ3v) is 4.05. The highest BCUT2D eigenvalue weighted by Gasteiger charge is 2.23. The van der Waals surface area contributed by atoms with Crippen LogP contribution in [0, 0.1) is 0 Å². The minimum absolute atomic E-state index is 0.0907. The van der Waals surface area contributed by atoms with Gasteiger partial charge in [-0.2, -0.15) is 0 Å². The molecule has 130 valence electrons. The Morgan fingerprint density at radius 3 is 2.67 bits per heavy atom. The van der Waals surface area contributed by atoms with Crippen LogP contribution < -0.4 is 10.2 Å². The van der Waals surface area contributed by atoms with Crippen molar-refractivity contribution in [1.82, 2.24) is 0 Å². The molecule has 1 aliphatic rings. The number of carbonyl (C=O) groups is 3. The molecule has 0 aromatic heterocycles. The normalized spacial score (nSPS) is 13.5. The third-order valence-electron chi connectivity index (χ3n) is 4.05. The predicted octanol–water partition coefficient (Wildman–Crippen LogP) is 2.96. The Hall–Kier alpha value is -2.37. The van der Waals surface area contributed by atoms with Gasteiger partial charge in [-0.3, -0.25) is 14.4 Å². The van der Waals surface area contributed by atoms with Crippen LogP contribution in [-0.4, -0.2) is 29.4 Å². The Bertz CT molecular complexity index is 627. The summed E-state index contributed by atoms with van der Waals surface area (Å²) in [5.74, 6) is -0.798. The van der Waals surface area contributed by atoms with E-state index in [-0.39, 0.29) is 18.2 Å². The summed E-state index contributed by atoms with van der Waals surface area (Å²) < 4.78 is 0. The van der Waals surface area contributed by atoms with Gasteiger partial charge in [-0.05, 0) is 49.4 Å². The Morgan fingerprint density at radius 2 is 1.96 bits per heavy atom. The number of aryl methyl sites for hydroxylation is 1. The van der Waals surface area contributed by atoms with Crippen molar-refractivity contribution in [2.45, 2.75) is 51.9 Å². The predicted molar refractivity (Wildman–Crippen MR) is 92.1 cm³/mol. The van der Waals surface area contributed by atoms with Crippen LogP contribution in [0.15, 0.2) is 18.2 Å². The zero-order valence-corrected chi connectivity index (χ0v) is 14.0. The number of anilines is 2. The number of rotatable bonds is 8. The average Bonchev–Trinajstić information content (AvgIpc) is 2.54. The van der Waals surface area contributed by atoms with Crippen molar-refractivity contribution < 1.29 is 19.5 Å². The highest BCUT2D eigenvalue weighted by molar-refractivity contribution is 5.97. The van der Waals surface area contributed by atoms with Crippen molar-refractivity contribution in [2.75, 3.05) is 16.8 Å². The van der Waals surface area contributed by atoms with Gasteiger partial charge in [-0.1, -0.05) is 6.92 Å². The number of aliphatic carboxylic acids is 1. The summed E-state index contributed by atoms with van der Waals surface area (Å²) in [6, 6.07) is 5.64. The number of hydrogen-bond donors (Lipinski definition) is 2. The van der Waals surface area contributed by atoms with E-state index in [0.29, 0.717) is 38.6 Å². The Balaban J connectivity index is 1.95. The summed E-state index contributed by atoms with van der Waals surface area (Å²) >= 11 is 0. The molecule has 6 nitrogen and oxygen atoms in total. The van der Waals surface area contributed by atoms with E-state index in [1.54, 1.807) is 0 Å². The fourth-order valence-electron chi connectivity index (χ4n) is 2.89. The summed E-state index contributed by atoms with van der Waals surface area (Å²) in [5, 5.41) is 11.4. The molecular formula is C18H24N2O4. The zero-order valence-electron chi connectivity index (χ0n) is 14.0. The molecule has 0 saturated carbocycles. The number of hydrogen-bond acceptors (Lipinski definition) is 3. The summed E-state index contributed by atoms with van der Waals surface area (Å²) in [4.78, 5) is 36.2. The van der Waals surface area contributed by atoms with Crippen molar-refractivity contribution in [3.8, 4) is 0 Å². The summed E-state index contributed by atoms with van der Waals surface area (Å²) in [7, 11) is 0. The van der Waals surface area contributed by atoms with Gasteiger partial charge in [0.25, 0.3) is 0 Å². The molecule has 0 bridgehead atoms. The standard InChI is InChI=1S/C18H24N2O4/c1-2-11-20-15-9-8-14(12-13(15)7-10-17(20)22)19-16(21)5-3-4-6-18(23)24/h8-9,12H,2-7,10-11H2,1H3,(H,19,21)(H,23,24). The largest absolute Gasteiger partial charge is 0.481 e. The van der Waals surface area contributed by atoms with Gasteiger partial charge in [0.15, 0.2) is 0 Å². The second-order valence-electron chi connectivity index (χ2n) is 6.04. The topological polar surface area (TPSA) is 86.7 Å². The summed E-state index contributed by atoms with van der Waals surface area (Å²) in [5.41, 5.74) is 2.74. The molecule has 0 spiro atoms. The molecule has 0 unspecified atom stereocenters. The molecule has 1 aromatic carbocycles.